The van der Waals surface area contributed by atoms with Crippen molar-refractivity contribution in [3.05, 3.63) is 29.8 Å². The quantitative estimate of drug-likeness (QED) is 0.332. The summed E-state index contributed by atoms with van der Waals surface area (Å²) >= 11 is 0. The van der Waals surface area contributed by atoms with Crippen LogP contribution in [0.1, 0.15) is 96.0 Å². The van der Waals surface area contributed by atoms with Gasteiger partial charge in [0.15, 0.2) is 0 Å². The lowest BCUT2D eigenvalue weighted by atomic mass is 9.91. The summed E-state index contributed by atoms with van der Waals surface area (Å²) in [5.41, 5.74) is 1.17. The van der Waals surface area contributed by atoms with Gasteiger partial charge in [-0.05, 0) is 36.5 Å². The fourth-order valence-electron chi connectivity index (χ4n) is 3.22. The Bertz CT molecular complexity index is 535. The van der Waals surface area contributed by atoms with E-state index in [9.17, 15) is 8.42 Å². The van der Waals surface area contributed by atoms with E-state index in [1.165, 1.54) is 75.5 Å². The molecule has 1 atom stereocenters. The second kappa shape index (κ2) is 11.6. The lowest BCUT2D eigenvalue weighted by molar-refractivity contribution is 0.483. The van der Waals surface area contributed by atoms with E-state index in [0.29, 0.717) is 5.92 Å². The first-order valence-corrected chi connectivity index (χ1v) is 11.0. The van der Waals surface area contributed by atoms with Crippen molar-refractivity contribution in [2.75, 3.05) is 0 Å². The zero-order valence-corrected chi connectivity index (χ0v) is 16.2. The second-order valence-corrected chi connectivity index (χ2v) is 8.19. The number of rotatable bonds is 13. The third-order valence-corrected chi connectivity index (χ3v) is 5.67. The highest BCUT2D eigenvalue weighted by Gasteiger charge is 2.12. The highest BCUT2D eigenvalue weighted by atomic mass is 32.2. The Balaban J connectivity index is 2.27. The number of hydrogen-bond donors (Lipinski definition) is 1. The third kappa shape index (κ3) is 8.29. The van der Waals surface area contributed by atoms with Gasteiger partial charge in [0.1, 0.15) is 0 Å². The molecule has 24 heavy (non-hydrogen) atoms. The maximum Gasteiger partial charge on any atom is 0.294 e. The highest BCUT2D eigenvalue weighted by Crippen LogP contribution is 2.27. The molecular weight excluding hydrogens is 320 g/mol. The van der Waals surface area contributed by atoms with E-state index in [0.717, 1.165) is 12.8 Å². The minimum absolute atomic E-state index is 0.0239. The van der Waals surface area contributed by atoms with Gasteiger partial charge >= 0.3 is 0 Å². The maximum absolute atomic E-state index is 11.1. The van der Waals surface area contributed by atoms with E-state index < -0.39 is 10.1 Å². The van der Waals surface area contributed by atoms with Crippen molar-refractivity contribution in [2.24, 2.45) is 0 Å². The van der Waals surface area contributed by atoms with Crippen LogP contribution in [-0.4, -0.2) is 13.0 Å². The minimum Gasteiger partial charge on any atom is -0.282 e. The molecule has 0 aliphatic rings. The molecule has 138 valence electrons. The smallest absolute Gasteiger partial charge is 0.282 e. The average Bonchev–Trinajstić information content (AvgIpc) is 2.56. The lowest BCUT2D eigenvalue weighted by Gasteiger charge is -2.15. The van der Waals surface area contributed by atoms with E-state index >= 15 is 0 Å². The number of benzene rings is 1. The molecule has 1 unspecified atom stereocenters. The van der Waals surface area contributed by atoms with Crippen molar-refractivity contribution in [1.82, 2.24) is 0 Å². The molecule has 0 amide bonds. The first-order chi connectivity index (χ1) is 11.5. The molecule has 1 aromatic carbocycles. The summed E-state index contributed by atoms with van der Waals surface area (Å²) < 4.78 is 31.2. The molecule has 3 nitrogen and oxygen atoms in total. The van der Waals surface area contributed by atoms with Gasteiger partial charge < -0.3 is 0 Å². The topological polar surface area (TPSA) is 54.4 Å². The SMILES string of the molecule is CCCCCCCCCCCC(CC)c1ccc(S(=O)(=O)O)cc1. The van der Waals surface area contributed by atoms with Crippen LogP contribution in [0, 0.1) is 0 Å². The van der Waals surface area contributed by atoms with Crippen LogP contribution in [0.2, 0.25) is 0 Å². The van der Waals surface area contributed by atoms with Crippen molar-refractivity contribution < 1.29 is 13.0 Å². The van der Waals surface area contributed by atoms with Crippen molar-refractivity contribution in [1.29, 1.82) is 0 Å². The maximum atomic E-state index is 11.1. The van der Waals surface area contributed by atoms with Crippen LogP contribution in [0.5, 0.6) is 0 Å². The lowest BCUT2D eigenvalue weighted by Crippen LogP contribution is -2.01. The van der Waals surface area contributed by atoms with E-state index in [1.807, 2.05) is 12.1 Å². The van der Waals surface area contributed by atoms with Gasteiger partial charge in [0.05, 0.1) is 4.90 Å². The molecule has 0 radical (unpaired) electrons. The van der Waals surface area contributed by atoms with Crippen LogP contribution in [0.4, 0.5) is 0 Å². The molecule has 0 heterocycles. The van der Waals surface area contributed by atoms with Crippen LogP contribution in [0.3, 0.4) is 0 Å². The summed E-state index contributed by atoms with van der Waals surface area (Å²) in [4.78, 5) is -0.0239. The minimum atomic E-state index is -4.09. The van der Waals surface area contributed by atoms with Gasteiger partial charge in [-0.2, -0.15) is 8.42 Å². The first kappa shape index (κ1) is 21.2. The summed E-state index contributed by atoms with van der Waals surface area (Å²) in [5.74, 6) is 0.477. The number of unbranched alkanes of at least 4 members (excludes halogenated alkanes) is 8. The molecule has 0 aliphatic heterocycles. The van der Waals surface area contributed by atoms with E-state index in [1.54, 1.807) is 0 Å². The zero-order chi connectivity index (χ0) is 17.8. The molecule has 0 fully saturated rings. The van der Waals surface area contributed by atoms with E-state index in [2.05, 4.69) is 13.8 Å². The van der Waals surface area contributed by atoms with Gasteiger partial charge in [0, 0.05) is 0 Å². The van der Waals surface area contributed by atoms with Crippen molar-refractivity contribution in [2.45, 2.75) is 95.3 Å². The fourth-order valence-corrected chi connectivity index (χ4v) is 3.70. The van der Waals surface area contributed by atoms with Gasteiger partial charge in [0.2, 0.25) is 0 Å². The van der Waals surface area contributed by atoms with Crippen LogP contribution in [-0.2, 0) is 10.1 Å². The van der Waals surface area contributed by atoms with Crippen LogP contribution in [0.25, 0.3) is 0 Å². The Kier molecular flexibility index (Phi) is 10.3. The van der Waals surface area contributed by atoms with E-state index in [-0.39, 0.29) is 4.90 Å². The second-order valence-electron chi connectivity index (χ2n) is 6.77. The summed E-state index contributed by atoms with van der Waals surface area (Å²) in [6.45, 7) is 4.43. The van der Waals surface area contributed by atoms with Crippen molar-refractivity contribution >= 4 is 10.1 Å². The molecule has 0 bridgehead atoms. The fraction of sp³-hybridized carbons (Fsp3) is 0.700. The molecule has 0 saturated heterocycles. The summed E-state index contributed by atoms with van der Waals surface area (Å²) in [5, 5.41) is 0. The molecule has 0 aromatic heterocycles. The molecule has 1 N–H and O–H groups in total. The average molecular weight is 355 g/mol. The Morgan fingerprint density at radius 2 is 1.33 bits per heavy atom. The highest BCUT2D eigenvalue weighted by molar-refractivity contribution is 7.85. The number of hydrogen-bond acceptors (Lipinski definition) is 2. The van der Waals surface area contributed by atoms with Crippen LogP contribution < -0.4 is 0 Å². The van der Waals surface area contributed by atoms with Crippen LogP contribution >= 0.6 is 0 Å². The van der Waals surface area contributed by atoms with Gasteiger partial charge in [0.25, 0.3) is 10.1 Å². The van der Waals surface area contributed by atoms with Gasteiger partial charge in [-0.1, -0.05) is 83.8 Å². The Morgan fingerprint density at radius 3 is 1.79 bits per heavy atom. The molecule has 0 spiro atoms. The van der Waals surface area contributed by atoms with E-state index in [4.69, 9.17) is 4.55 Å². The Morgan fingerprint density at radius 1 is 0.833 bits per heavy atom. The molecule has 4 heteroatoms. The van der Waals surface area contributed by atoms with Crippen molar-refractivity contribution in [3.63, 3.8) is 0 Å². The molecular formula is C20H34O3S. The largest absolute Gasteiger partial charge is 0.294 e. The normalized spacial score (nSPS) is 13.1. The molecule has 0 aliphatic carbocycles. The first-order valence-electron chi connectivity index (χ1n) is 9.56. The zero-order valence-electron chi connectivity index (χ0n) is 15.3. The molecule has 1 rings (SSSR count). The standard InChI is InChI=1S/C20H34O3S/c1-3-5-6-7-8-9-10-11-12-13-18(4-2)19-14-16-20(17-15-19)24(21,22)23/h14-18H,3-13H2,1-2H3,(H,21,22,23). The summed E-state index contributed by atoms with van der Waals surface area (Å²) in [6, 6.07) is 6.68. The van der Waals surface area contributed by atoms with Gasteiger partial charge in [-0.15, -0.1) is 0 Å². The van der Waals surface area contributed by atoms with Gasteiger partial charge in [-0.3, -0.25) is 4.55 Å². The van der Waals surface area contributed by atoms with Crippen molar-refractivity contribution in [3.8, 4) is 0 Å². The molecule has 0 saturated carbocycles. The summed E-state index contributed by atoms with van der Waals surface area (Å²) in [6.07, 6.45) is 14.2. The Labute approximate surface area is 148 Å². The van der Waals surface area contributed by atoms with Crippen LogP contribution in [0.15, 0.2) is 29.2 Å². The predicted octanol–water partition coefficient (Wildman–Crippen LogP) is 6.35. The predicted molar refractivity (Wildman–Crippen MR) is 101 cm³/mol. The monoisotopic (exact) mass is 354 g/mol. The third-order valence-electron chi connectivity index (χ3n) is 4.80. The molecule has 1 aromatic rings. The summed E-state index contributed by atoms with van der Waals surface area (Å²) in [7, 11) is -4.09. The van der Waals surface area contributed by atoms with Gasteiger partial charge in [-0.25, -0.2) is 0 Å². The Hall–Kier alpha value is -0.870.